The number of hydrogen-bond donors (Lipinski definition) is 0. The van der Waals surface area contributed by atoms with E-state index < -0.39 is 0 Å². The van der Waals surface area contributed by atoms with Crippen molar-refractivity contribution >= 4 is 12.2 Å². The van der Waals surface area contributed by atoms with Gasteiger partial charge in [0.05, 0.1) is 6.61 Å². The molecule has 0 N–H and O–H groups in total. The first-order chi connectivity index (χ1) is 8.88. The Morgan fingerprint density at radius 1 is 1.22 bits per heavy atom. The number of rotatable bonds is 6. The van der Waals surface area contributed by atoms with Gasteiger partial charge in [-0.25, -0.2) is 0 Å². The Kier molecular flexibility index (Phi) is 4.53. The maximum Gasteiger partial charge on any atom is 0.240 e. The number of unbranched alkanes of at least 4 members (excludes halogenated alkanes) is 1. The fourth-order valence-electron chi connectivity index (χ4n) is 1.43. The number of nitrogens with zero attached hydrogens (tertiary/aromatic N) is 2. The molecule has 2 rings (SSSR count). The third-order valence-corrected chi connectivity index (χ3v) is 2.44. The van der Waals surface area contributed by atoms with E-state index in [1.807, 2.05) is 30.3 Å². The van der Waals surface area contributed by atoms with Crippen molar-refractivity contribution in [3.05, 3.63) is 42.1 Å². The highest BCUT2D eigenvalue weighted by Crippen LogP contribution is 2.14. The molecule has 0 aliphatic heterocycles. The highest BCUT2D eigenvalue weighted by atomic mass is 16.5. The fourth-order valence-corrected chi connectivity index (χ4v) is 1.43. The van der Waals surface area contributed by atoms with Gasteiger partial charge in [-0.2, -0.15) is 0 Å². The summed E-state index contributed by atoms with van der Waals surface area (Å²) in [6, 6.07) is 7.91. The zero-order chi connectivity index (χ0) is 12.6. The molecule has 4 heteroatoms. The zero-order valence-electron chi connectivity index (χ0n) is 10.4. The Morgan fingerprint density at radius 3 is 2.72 bits per heavy atom. The lowest BCUT2D eigenvalue weighted by Crippen LogP contribution is -1.95. The minimum atomic E-state index is 0.498. The molecule has 0 saturated heterocycles. The van der Waals surface area contributed by atoms with Crippen LogP contribution in [-0.2, 0) is 0 Å². The standard InChI is InChI=1S/C14H16N2O2/c1-2-3-10-17-13-7-4-12(5-8-13)6-9-14-16-15-11-18-14/h4-9,11H,2-3,10H2,1H3/b9-6+. The molecule has 1 aromatic carbocycles. The van der Waals surface area contributed by atoms with E-state index in [2.05, 4.69) is 17.1 Å². The second kappa shape index (κ2) is 6.59. The van der Waals surface area contributed by atoms with E-state index >= 15 is 0 Å². The second-order valence-corrected chi connectivity index (χ2v) is 3.88. The van der Waals surface area contributed by atoms with Crippen LogP contribution in [0.5, 0.6) is 5.75 Å². The van der Waals surface area contributed by atoms with Crippen molar-refractivity contribution < 1.29 is 9.15 Å². The van der Waals surface area contributed by atoms with Gasteiger partial charge < -0.3 is 9.15 Å². The summed E-state index contributed by atoms with van der Waals surface area (Å²) in [4.78, 5) is 0. The first kappa shape index (κ1) is 12.4. The van der Waals surface area contributed by atoms with Gasteiger partial charge in [-0.3, -0.25) is 0 Å². The minimum absolute atomic E-state index is 0.498. The summed E-state index contributed by atoms with van der Waals surface area (Å²) in [6.45, 7) is 2.92. The predicted octanol–water partition coefficient (Wildman–Crippen LogP) is 3.42. The monoisotopic (exact) mass is 244 g/mol. The molecule has 94 valence electrons. The molecule has 0 spiro atoms. The van der Waals surface area contributed by atoms with Gasteiger partial charge in [0.2, 0.25) is 12.3 Å². The highest BCUT2D eigenvalue weighted by Gasteiger charge is 1.94. The summed E-state index contributed by atoms with van der Waals surface area (Å²) >= 11 is 0. The van der Waals surface area contributed by atoms with Gasteiger partial charge in [0, 0.05) is 6.08 Å². The van der Waals surface area contributed by atoms with E-state index in [-0.39, 0.29) is 0 Å². The van der Waals surface area contributed by atoms with Crippen LogP contribution in [0.4, 0.5) is 0 Å². The van der Waals surface area contributed by atoms with Gasteiger partial charge in [0.25, 0.3) is 0 Å². The minimum Gasteiger partial charge on any atom is -0.494 e. The molecule has 0 bridgehead atoms. The van der Waals surface area contributed by atoms with Gasteiger partial charge >= 0.3 is 0 Å². The molecular formula is C14H16N2O2. The van der Waals surface area contributed by atoms with Crippen LogP contribution in [-0.4, -0.2) is 16.8 Å². The van der Waals surface area contributed by atoms with Crippen molar-refractivity contribution in [2.75, 3.05) is 6.61 Å². The van der Waals surface area contributed by atoms with Crippen molar-refractivity contribution in [2.45, 2.75) is 19.8 Å². The van der Waals surface area contributed by atoms with Crippen molar-refractivity contribution in [3.63, 3.8) is 0 Å². The molecule has 0 aliphatic rings. The molecule has 0 aliphatic carbocycles. The number of hydrogen-bond acceptors (Lipinski definition) is 4. The third kappa shape index (κ3) is 3.73. The molecular weight excluding hydrogens is 228 g/mol. The van der Waals surface area contributed by atoms with Crippen molar-refractivity contribution in [1.82, 2.24) is 10.2 Å². The van der Waals surface area contributed by atoms with Crippen LogP contribution in [0.15, 0.2) is 35.1 Å². The molecule has 1 aromatic heterocycles. The van der Waals surface area contributed by atoms with E-state index in [1.165, 1.54) is 6.39 Å². The van der Waals surface area contributed by atoms with Gasteiger partial charge in [-0.05, 0) is 30.2 Å². The van der Waals surface area contributed by atoms with Crippen LogP contribution in [0.3, 0.4) is 0 Å². The Morgan fingerprint density at radius 2 is 2.06 bits per heavy atom. The summed E-state index contributed by atoms with van der Waals surface area (Å²) < 4.78 is 10.6. The quantitative estimate of drug-likeness (QED) is 0.730. The summed E-state index contributed by atoms with van der Waals surface area (Å²) in [6.07, 6.45) is 7.23. The lowest BCUT2D eigenvalue weighted by Gasteiger charge is -2.04. The normalized spacial score (nSPS) is 10.9. The van der Waals surface area contributed by atoms with Crippen LogP contribution in [0.25, 0.3) is 12.2 Å². The van der Waals surface area contributed by atoms with Crippen LogP contribution in [0.2, 0.25) is 0 Å². The summed E-state index contributed by atoms with van der Waals surface area (Å²) in [7, 11) is 0. The van der Waals surface area contributed by atoms with E-state index in [0.29, 0.717) is 5.89 Å². The summed E-state index contributed by atoms with van der Waals surface area (Å²) in [5.74, 6) is 1.40. The van der Waals surface area contributed by atoms with Crippen LogP contribution < -0.4 is 4.74 Å². The second-order valence-electron chi connectivity index (χ2n) is 3.88. The Labute approximate surface area is 106 Å². The largest absolute Gasteiger partial charge is 0.494 e. The van der Waals surface area contributed by atoms with Gasteiger partial charge in [0.15, 0.2) is 0 Å². The molecule has 2 aromatic rings. The van der Waals surface area contributed by atoms with Gasteiger partial charge in [-0.1, -0.05) is 25.5 Å². The van der Waals surface area contributed by atoms with E-state index in [0.717, 1.165) is 30.8 Å². The molecule has 18 heavy (non-hydrogen) atoms. The topological polar surface area (TPSA) is 48.2 Å². The van der Waals surface area contributed by atoms with E-state index in [4.69, 9.17) is 9.15 Å². The lowest BCUT2D eigenvalue weighted by molar-refractivity contribution is 0.309. The first-order valence-electron chi connectivity index (χ1n) is 6.05. The summed E-state index contributed by atoms with van der Waals surface area (Å²) in [5, 5.41) is 7.37. The molecule has 0 radical (unpaired) electrons. The zero-order valence-corrected chi connectivity index (χ0v) is 10.4. The van der Waals surface area contributed by atoms with E-state index in [1.54, 1.807) is 6.08 Å². The van der Waals surface area contributed by atoms with Crippen LogP contribution in [0, 0.1) is 0 Å². The maximum absolute atomic E-state index is 5.59. The lowest BCUT2D eigenvalue weighted by atomic mass is 10.2. The molecule has 0 unspecified atom stereocenters. The summed E-state index contributed by atoms with van der Waals surface area (Å²) in [5.41, 5.74) is 1.07. The first-order valence-corrected chi connectivity index (χ1v) is 6.05. The Balaban J connectivity index is 1.91. The highest BCUT2D eigenvalue weighted by molar-refractivity contribution is 5.66. The molecule has 1 heterocycles. The van der Waals surface area contributed by atoms with Gasteiger partial charge in [0.1, 0.15) is 5.75 Å². The molecule has 4 nitrogen and oxygen atoms in total. The van der Waals surface area contributed by atoms with Crippen LogP contribution in [0.1, 0.15) is 31.2 Å². The molecule has 0 amide bonds. The fraction of sp³-hybridized carbons (Fsp3) is 0.286. The van der Waals surface area contributed by atoms with E-state index in [9.17, 15) is 0 Å². The van der Waals surface area contributed by atoms with Crippen molar-refractivity contribution in [2.24, 2.45) is 0 Å². The number of ether oxygens (including phenoxy) is 1. The molecule has 0 atom stereocenters. The number of aromatic nitrogens is 2. The molecule has 0 fully saturated rings. The number of benzene rings is 1. The Bertz CT molecular complexity index is 475. The average molecular weight is 244 g/mol. The smallest absolute Gasteiger partial charge is 0.240 e. The predicted molar refractivity (Wildman–Crippen MR) is 70.1 cm³/mol. The molecule has 0 saturated carbocycles. The Hall–Kier alpha value is -2.10. The SMILES string of the molecule is CCCCOc1ccc(/C=C/c2nnco2)cc1. The van der Waals surface area contributed by atoms with Crippen LogP contribution >= 0.6 is 0 Å². The third-order valence-electron chi connectivity index (χ3n) is 2.44. The average Bonchev–Trinajstić information content (AvgIpc) is 2.91. The van der Waals surface area contributed by atoms with Crippen molar-refractivity contribution in [1.29, 1.82) is 0 Å². The van der Waals surface area contributed by atoms with Crippen molar-refractivity contribution in [3.8, 4) is 5.75 Å². The van der Waals surface area contributed by atoms with Gasteiger partial charge in [-0.15, -0.1) is 10.2 Å². The maximum atomic E-state index is 5.59.